The molecule has 0 saturated heterocycles. The van der Waals surface area contributed by atoms with Gasteiger partial charge in [0, 0.05) is 36.1 Å². The van der Waals surface area contributed by atoms with Crippen LogP contribution >= 0.6 is 15.9 Å². The summed E-state index contributed by atoms with van der Waals surface area (Å²) >= 11 is 3.52. The van der Waals surface area contributed by atoms with E-state index in [1.807, 2.05) is 36.4 Å². The number of hydrogen-bond acceptors (Lipinski definition) is 4. The summed E-state index contributed by atoms with van der Waals surface area (Å²) in [6.45, 7) is 1.40. The molecule has 0 fully saturated rings. The van der Waals surface area contributed by atoms with E-state index in [1.165, 1.54) is 12.5 Å². The number of benzene rings is 2. The highest BCUT2D eigenvalue weighted by molar-refractivity contribution is 9.10. The number of esters is 1. The molecule has 0 spiro atoms. The van der Waals surface area contributed by atoms with Crippen LogP contribution < -0.4 is 4.74 Å². The number of nitrogens with zero attached hydrogens (tertiary/aromatic N) is 1. The van der Waals surface area contributed by atoms with Crippen molar-refractivity contribution >= 4 is 44.8 Å². The van der Waals surface area contributed by atoms with Crippen LogP contribution in [0.1, 0.15) is 36.7 Å². The summed E-state index contributed by atoms with van der Waals surface area (Å²) < 4.78 is 12.3. The second kappa shape index (κ2) is 7.08. The molecule has 0 saturated carbocycles. The number of hydrogen-bond donors (Lipinski definition) is 0. The van der Waals surface area contributed by atoms with Crippen LogP contribution in [0.15, 0.2) is 50.3 Å². The van der Waals surface area contributed by atoms with Crippen molar-refractivity contribution in [3.05, 3.63) is 57.8 Å². The lowest BCUT2D eigenvalue weighted by Gasteiger charge is -2.12. The molecule has 4 rings (SSSR count). The van der Waals surface area contributed by atoms with E-state index in [4.69, 9.17) is 9.15 Å². The summed E-state index contributed by atoms with van der Waals surface area (Å²) in [5.41, 5.74) is 3.63. The Bertz CT molecular complexity index is 1010. The number of aryl methyl sites for hydroxylation is 2. The van der Waals surface area contributed by atoms with E-state index in [1.54, 1.807) is 6.21 Å². The van der Waals surface area contributed by atoms with Gasteiger partial charge >= 0.3 is 5.97 Å². The second-order valence-corrected chi connectivity index (χ2v) is 7.23. The van der Waals surface area contributed by atoms with Gasteiger partial charge in [-0.1, -0.05) is 18.2 Å². The van der Waals surface area contributed by atoms with E-state index in [0.717, 1.165) is 53.7 Å². The van der Waals surface area contributed by atoms with E-state index in [9.17, 15) is 4.79 Å². The first-order valence-corrected chi connectivity index (χ1v) is 9.47. The predicted molar refractivity (Wildman–Crippen MR) is 106 cm³/mol. The highest BCUT2D eigenvalue weighted by atomic mass is 79.9. The first-order valence-electron chi connectivity index (χ1n) is 8.68. The first-order chi connectivity index (χ1) is 12.6. The van der Waals surface area contributed by atoms with Crippen molar-refractivity contribution in [3.8, 4) is 5.75 Å². The van der Waals surface area contributed by atoms with Crippen LogP contribution in [-0.4, -0.2) is 12.2 Å². The van der Waals surface area contributed by atoms with Crippen molar-refractivity contribution in [1.29, 1.82) is 0 Å². The average molecular weight is 412 g/mol. The Morgan fingerprint density at radius 1 is 1.23 bits per heavy atom. The smallest absolute Gasteiger partial charge is 0.308 e. The maximum Gasteiger partial charge on any atom is 0.308 e. The van der Waals surface area contributed by atoms with Crippen molar-refractivity contribution in [2.75, 3.05) is 0 Å². The van der Waals surface area contributed by atoms with Crippen molar-refractivity contribution in [1.82, 2.24) is 0 Å². The topological polar surface area (TPSA) is 51.8 Å². The maximum atomic E-state index is 11.6. The molecule has 1 aliphatic rings. The van der Waals surface area contributed by atoms with Gasteiger partial charge in [-0.25, -0.2) is 0 Å². The summed E-state index contributed by atoms with van der Waals surface area (Å²) in [7, 11) is 0. The predicted octanol–water partition coefficient (Wildman–Crippen LogP) is 5.75. The van der Waals surface area contributed by atoms with Crippen LogP contribution in [0, 0.1) is 0 Å². The fraction of sp³-hybridized carbons (Fsp3) is 0.238. The minimum Gasteiger partial charge on any atom is -0.461 e. The van der Waals surface area contributed by atoms with Crippen molar-refractivity contribution in [2.45, 2.75) is 32.6 Å². The van der Waals surface area contributed by atoms with Crippen LogP contribution in [0.4, 0.5) is 5.69 Å². The van der Waals surface area contributed by atoms with Crippen LogP contribution in [0.3, 0.4) is 0 Å². The lowest BCUT2D eigenvalue weighted by Crippen LogP contribution is -2.06. The molecule has 0 aliphatic heterocycles. The van der Waals surface area contributed by atoms with Gasteiger partial charge in [-0.05, 0) is 53.4 Å². The number of ether oxygens (including phenoxy) is 1. The number of furan rings is 1. The summed E-state index contributed by atoms with van der Waals surface area (Å²) in [6, 6.07) is 11.6. The molecule has 0 amide bonds. The normalized spacial score (nSPS) is 13.9. The Morgan fingerprint density at radius 3 is 2.77 bits per heavy atom. The largest absolute Gasteiger partial charge is 0.461 e. The van der Waals surface area contributed by atoms with Gasteiger partial charge in [0.15, 0.2) is 5.75 Å². The number of rotatable bonds is 3. The molecule has 1 aromatic heterocycles. The van der Waals surface area contributed by atoms with Gasteiger partial charge in [0.05, 0.1) is 10.2 Å². The molecule has 0 unspecified atom stereocenters. The third-order valence-electron chi connectivity index (χ3n) is 4.53. The minimum absolute atomic E-state index is 0.364. The zero-order valence-corrected chi connectivity index (χ0v) is 16.0. The molecule has 1 heterocycles. The molecule has 132 valence electrons. The van der Waals surface area contributed by atoms with Crippen LogP contribution in [0.5, 0.6) is 5.75 Å². The van der Waals surface area contributed by atoms with Crippen LogP contribution in [0.25, 0.3) is 11.0 Å². The van der Waals surface area contributed by atoms with Gasteiger partial charge in [0.2, 0.25) is 0 Å². The van der Waals surface area contributed by atoms with Gasteiger partial charge in [-0.2, -0.15) is 0 Å². The maximum absolute atomic E-state index is 11.6. The Balaban J connectivity index is 1.94. The van der Waals surface area contributed by atoms with E-state index in [2.05, 4.69) is 20.9 Å². The van der Waals surface area contributed by atoms with Crippen molar-refractivity contribution < 1.29 is 13.9 Å². The fourth-order valence-electron chi connectivity index (χ4n) is 3.43. The Hall–Kier alpha value is -2.40. The lowest BCUT2D eigenvalue weighted by molar-refractivity contribution is -0.131. The molecular formula is C21H18BrNO3. The third-order valence-corrected chi connectivity index (χ3v) is 5.12. The first kappa shape index (κ1) is 17.0. The molecule has 26 heavy (non-hydrogen) atoms. The third kappa shape index (κ3) is 3.19. The van der Waals surface area contributed by atoms with Gasteiger partial charge in [-0.15, -0.1) is 0 Å². The molecular weight excluding hydrogens is 394 g/mol. The molecule has 3 aromatic rings. The van der Waals surface area contributed by atoms with Gasteiger partial charge < -0.3 is 9.15 Å². The monoisotopic (exact) mass is 411 g/mol. The molecule has 2 aromatic carbocycles. The van der Waals surface area contributed by atoms with E-state index in [-0.39, 0.29) is 5.97 Å². The molecule has 4 nitrogen and oxygen atoms in total. The quantitative estimate of drug-likeness (QED) is 0.313. The highest BCUT2D eigenvalue weighted by Crippen LogP contribution is 2.41. The number of fused-ring (bicyclic) bond motifs is 3. The second-order valence-electron chi connectivity index (χ2n) is 6.37. The minimum atomic E-state index is -0.364. The highest BCUT2D eigenvalue weighted by Gasteiger charge is 2.24. The van der Waals surface area contributed by atoms with Crippen molar-refractivity contribution in [3.63, 3.8) is 0 Å². The number of carbonyl (C=O) groups is 1. The Morgan fingerprint density at radius 2 is 2.00 bits per heavy atom. The number of carbonyl (C=O) groups excluding carboxylic acids is 1. The van der Waals surface area contributed by atoms with Crippen LogP contribution in [0.2, 0.25) is 0 Å². The van der Waals surface area contributed by atoms with Gasteiger partial charge in [-0.3, -0.25) is 9.79 Å². The molecule has 0 N–H and O–H groups in total. The van der Waals surface area contributed by atoms with Crippen molar-refractivity contribution in [2.24, 2.45) is 4.99 Å². The summed E-state index contributed by atoms with van der Waals surface area (Å²) in [4.78, 5) is 16.2. The SMILES string of the molecule is CC(=O)Oc1c(Br)cc2oc3c(c2c1C=Nc1ccccc1)CCCC3. The standard InChI is InChI=1S/C21H18BrNO3/c1-13(24)25-21-16(12-23-14-7-3-2-4-8-14)20-15-9-5-6-10-18(15)26-19(20)11-17(21)22/h2-4,7-8,11-12H,5-6,9-10H2,1H3. The summed E-state index contributed by atoms with van der Waals surface area (Å²) in [6.07, 6.45) is 5.95. The Labute approximate surface area is 160 Å². The number of aliphatic imine (C=N–C) groups is 1. The molecule has 0 radical (unpaired) electrons. The number of halogens is 1. The van der Waals surface area contributed by atoms with Gasteiger partial charge in [0.1, 0.15) is 11.3 Å². The lowest BCUT2D eigenvalue weighted by atomic mass is 9.94. The zero-order chi connectivity index (χ0) is 18.1. The van der Waals surface area contributed by atoms with Gasteiger partial charge in [0.25, 0.3) is 0 Å². The number of para-hydroxylation sites is 1. The summed E-state index contributed by atoms with van der Waals surface area (Å²) in [5.74, 6) is 1.16. The van der Waals surface area contributed by atoms with Crippen LogP contribution in [-0.2, 0) is 17.6 Å². The average Bonchev–Trinajstić information content (AvgIpc) is 3.00. The van der Waals surface area contributed by atoms with E-state index >= 15 is 0 Å². The molecule has 1 aliphatic carbocycles. The van der Waals surface area contributed by atoms with E-state index in [0.29, 0.717) is 10.2 Å². The Kier molecular flexibility index (Phi) is 4.64. The van der Waals surface area contributed by atoms with E-state index < -0.39 is 0 Å². The zero-order valence-electron chi connectivity index (χ0n) is 14.4. The fourth-order valence-corrected chi connectivity index (χ4v) is 3.93. The molecule has 0 bridgehead atoms. The molecule has 0 atom stereocenters. The molecule has 5 heteroatoms. The summed E-state index contributed by atoms with van der Waals surface area (Å²) in [5, 5.41) is 0.999.